The first-order chi connectivity index (χ1) is 11.4. The third kappa shape index (κ3) is 2.63. The lowest BCUT2D eigenvalue weighted by molar-refractivity contribution is -0.108. The lowest BCUT2D eigenvalue weighted by Crippen LogP contribution is -2.52. The normalized spacial score (nSPS) is 54.6. The van der Waals surface area contributed by atoms with Gasteiger partial charge in [-0.25, -0.2) is 0 Å². The standard InChI is InChI=1S/C22H35NO/c1-21(24)11-9-17-15(13-21)7-8-19-18(17)10-12-22(2)16(14-23)5-3-4-6-20(19)22/h15-20,24H,3-13H2,1-2H3/t15-,16-,17+,18-,19-,20+,21-,22-/m1/s1. The summed E-state index contributed by atoms with van der Waals surface area (Å²) in [5, 5.41) is 20.3. The molecule has 4 fully saturated rings. The summed E-state index contributed by atoms with van der Waals surface area (Å²) in [4.78, 5) is 0. The average Bonchev–Trinajstić information content (AvgIpc) is 2.71. The van der Waals surface area contributed by atoms with E-state index in [1.54, 1.807) is 0 Å². The number of rotatable bonds is 0. The second-order valence-corrected chi connectivity index (χ2v) is 10.2. The second-order valence-electron chi connectivity index (χ2n) is 10.2. The molecule has 0 spiro atoms. The first kappa shape index (κ1) is 16.9. The molecule has 0 aromatic carbocycles. The summed E-state index contributed by atoms with van der Waals surface area (Å²) in [5.74, 6) is 4.44. The van der Waals surface area contributed by atoms with Crippen molar-refractivity contribution in [2.24, 2.45) is 40.9 Å². The Kier molecular flexibility index (Phi) is 4.23. The Morgan fingerprint density at radius 1 is 0.875 bits per heavy atom. The zero-order chi connectivity index (χ0) is 16.9. The first-order valence-electron chi connectivity index (χ1n) is 10.6. The molecule has 4 aliphatic carbocycles. The van der Waals surface area contributed by atoms with Crippen molar-refractivity contribution in [3.8, 4) is 6.07 Å². The predicted molar refractivity (Wildman–Crippen MR) is 96.1 cm³/mol. The number of aliphatic hydroxyl groups is 1. The van der Waals surface area contributed by atoms with E-state index in [4.69, 9.17) is 0 Å². The summed E-state index contributed by atoms with van der Waals surface area (Å²) in [6.07, 6.45) is 13.7. The van der Waals surface area contributed by atoms with E-state index in [9.17, 15) is 10.4 Å². The smallest absolute Gasteiger partial charge is 0.0661 e. The fourth-order valence-electron chi connectivity index (χ4n) is 7.66. The Labute approximate surface area is 148 Å². The van der Waals surface area contributed by atoms with E-state index in [0.717, 1.165) is 48.9 Å². The molecule has 0 heterocycles. The highest BCUT2D eigenvalue weighted by atomic mass is 16.3. The molecule has 1 N–H and O–H groups in total. The number of hydrogen-bond donors (Lipinski definition) is 1. The Hall–Kier alpha value is -0.550. The van der Waals surface area contributed by atoms with Crippen molar-refractivity contribution in [3.05, 3.63) is 0 Å². The largest absolute Gasteiger partial charge is 0.390 e. The number of fused-ring (bicyclic) bond motifs is 5. The predicted octanol–water partition coefficient (Wildman–Crippen LogP) is 5.31. The van der Waals surface area contributed by atoms with Crippen molar-refractivity contribution < 1.29 is 5.11 Å². The maximum atomic E-state index is 10.5. The lowest BCUT2D eigenvalue weighted by Gasteiger charge is -2.58. The van der Waals surface area contributed by atoms with E-state index in [1.165, 1.54) is 51.4 Å². The quantitative estimate of drug-likeness (QED) is 0.654. The van der Waals surface area contributed by atoms with Gasteiger partial charge in [-0.2, -0.15) is 5.26 Å². The SMILES string of the molecule is C[C@@]1(O)CC[C@H]2[C@H](CC[C@@H]3[C@@H]2CC[C@]2(C)[C@@H](C#N)CCCC[C@@H]32)C1. The van der Waals surface area contributed by atoms with Gasteiger partial charge in [0.05, 0.1) is 17.6 Å². The fraction of sp³-hybridized carbons (Fsp3) is 0.955. The molecule has 0 aliphatic heterocycles. The van der Waals surface area contributed by atoms with Gasteiger partial charge in [0.1, 0.15) is 0 Å². The van der Waals surface area contributed by atoms with Gasteiger partial charge in [0, 0.05) is 0 Å². The van der Waals surface area contributed by atoms with E-state index in [2.05, 4.69) is 19.9 Å². The van der Waals surface area contributed by atoms with Crippen LogP contribution in [0.15, 0.2) is 0 Å². The zero-order valence-electron chi connectivity index (χ0n) is 15.6. The van der Waals surface area contributed by atoms with Crippen molar-refractivity contribution in [3.63, 3.8) is 0 Å². The summed E-state index contributed by atoms with van der Waals surface area (Å²) in [7, 11) is 0. The minimum absolute atomic E-state index is 0.277. The topological polar surface area (TPSA) is 44.0 Å². The van der Waals surface area contributed by atoms with E-state index < -0.39 is 5.60 Å². The molecule has 4 aliphatic rings. The molecule has 0 aromatic heterocycles. The van der Waals surface area contributed by atoms with Crippen LogP contribution in [0.4, 0.5) is 0 Å². The Morgan fingerprint density at radius 3 is 2.42 bits per heavy atom. The molecule has 0 saturated heterocycles. The Bertz CT molecular complexity index is 521. The van der Waals surface area contributed by atoms with Crippen molar-refractivity contribution in [1.29, 1.82) is 5.26 Å². The minimum atomic E-state index is -0.411. The highest BCUT2D eigenvalue weighted by molar-refractivity contribution is 5.08. The van der Waals surface area contributed by atoms with Crippen LogP contribution in [-0.2, 0) is 0 Å². The molecule has 4 saturated carbocycles. The van der Waals surface area contributed by atoms with Crippen molar-refractivity contribution in [2.75, 3.05) is 0 Å². The molecule has 0 aromatic rings. The van der Waals surface area contributed by atoms with Crippen molar-refractivity contribution in [1.82, 2.24) is 0 Å². The first-order valence-corrected chi connectivity index (χ1v) is 10.6. The van der Waals surface area contributed by atoms with Crippen molar-refractivity contribution >= 4 is 0 Å². The number of nitrogens with zero attached hydrogens (tertiary/aromatic N) is 1. The highest BCUT2D eigenvalue weighted by Gasteiger charge is 2.55. The molecule has 0 unspecified atom stereocenters. The summed E-state index contributed by atoms with van der Waals surface area (Å²) in [6.45, 7) is 4.51. The van der Waals surface area contributed by atoms with Gasteiger partial charge in [0.15, 0.2) is 0 Å². The third-order valence-electron chi connectivity index (χ3n) is 8.88. The van der Waals surface area contributed by atoms with E-state index in [1.807, 2.05) is 0 Å². The van der Waals surface area contributed by atoms with Gasteiger partial charge in [0.25, 0.3) is 0 Å². The van der Waals surface area contributed by atoms with Gasteiger partial charge in [-0.3, -0.25) is 0 Å². The minimum Gasteiger partial charge on any atom is -0.390 e. The van der Waals surface area contributed by atoms with Crippen LogP contribution in [0.3, 0.4) is 0 Å². The lowest BCUT2D eigenvalue weighted by atomic mass is 9.47. The second kappa shape index (κ2) is 6.01. The van der Waals surface area contributed by atoms with Crippen LogP contribution in [0.25, 0.3) is 0 Å². The maximum Gasteiger partial charge on any atom is 0.0661 e. The molecule has 8 atom stereocenters. The highest BCUT2D eigenvalue weighted by Crippen LogP contribution is 2.62. The van der Waals surface area contributed by atoms with E-state index in [-0.39, 0.29) is 11.3 Å². The number of nitriles is 1. The Balaban J connectivity index is 1.58. The van der Waals surface area contributed by atoms with Crippen LogP contribution in [0.2, 0.25) is 0 Å². The van der Waals surface area contributed by atoms with Gasteiger partial charge in [0.2, 0.25) is 0 Å². The summed E-state index contributed by atoms with van der Waals surface area (Å²) in [6, 6.07) is 2.71. The van der Waals surface area contributed by atoms with E-state index in [0.29, 0.717) is 0 Å². The monoisotopic (exact) mass is 329 g/mol. The molecule has 2 heteroatoms. The molecule has 2 nitrogen and oxygen atoms in total. The molecule has 0 radical (unpaired) electrons. The zero-order valence-corrected chi connectivity index (χ0v) is 15.6. The third-order valence-corrected chi connectivity index (χ3v) is 8.88. The van der Waals surface area contributed by atoms with Gasteiger partial charge >= 0.3 is 0 Å². The molecule has 134 valence electrons. The molecule has 0 bridgehead atoms. The molecule has 24 heavy (non-hydrogen) atoms. The molecule has 0 amide bonds. The summed E-state index contributed by atoms with van der Waals surface area (Å²) < 4.78 is 0. The van der Waals surface area contributed by atoms with Crippen LogP contribution in [0.1, 0.15) is 84.5 Å². The van der Waals surface area contributed by atoms with Crippen LogP contribution >= 0.6 is 0 Å². The van der Waals surface area contributed by atoms with Crippen LogP contribution in [0, 0.1) is 52.3 Å². The van der Waals surface area contributed by atoms with Gasteiger partial charge in [-0.1, -0.05) is 19.8 Å². The van der Waals surface area contributed by atoms with Gasteiger partial charge < -0.3 is 5.11 Å². The number of hydrogen-bond acceptors (Lipinski definition) is 2. The van der Waals surface area contributed by atoms with Crippen molar-refractivity contribution in [2.45, 2.75) is 90.1 Å². The molecular weight excluding hydrogens is 294 g/mol. The summed E-state index contributed by atoms with van der Waals surface area (Å²) >= 11 is 0. The Morgan fingerprint density at radius 2 is 1.62 bits per heavy atom. The summed E-state index contributed by atoms with van der Waals surface area (Å²) in [5.41, 5.74) is -0.134. The van der Waals surface area contributed by atoms with Gasteiger partial charge in [-0.15, -0.1) is 0 Å². The van der Waals surface area contributed by atoms with Gasteiger partial charge in [-0.05, 0) is 99.7 Å². The van der Waals surface area contributed by atoms with Crippen LogP contribution in [-0.4, -0.2) is 10.7 Å². The molecular formula is C22H35NO. The average molecular weight is 330 g/mol. The fourth-order valence-corrected chi connectivity index (χ4v) is 7.66. The molecule has 4 rings (SSSR count). The van der Waals surface area contributed by atoms with Crippen LogP contribution < -0.4 is 0 Å². The van der Waals surface area contributed by atoms with Crippen LogP contribution in [0.5, 0.6) is 0 Å². The van der Waals surface area contributed by atoms with E-state index >= 15 is 0 Å². The maximum absolute atomic E-state index is 10.5.